The molecule has 264 valence electrons. The molecule has 8 aromatic carbocycles. The molecule has 10 rings (SSSR count). The lowest BCUT2D eigenvalue weighted by atomic mass is 9.96. The van der Waals surface area contributed by atoms with Crippen molar-refractivity contribution in [2.24, 2.45) is 0 Å². The lowest BCUT2D eigenvalue weighted by Gasteiger charge is -2.26. The molecule has 0 aliphatic carbocycles. The van der Waals surface area contributed by atoms with Gasteiger partial charge in [0.25, 0.3) is 0 Å². The fraction of sp³-hybridized carbons (Fsp3) is 0. The first-order chi connectivity index (χ1) is 27.7. The molecule has 0 aliphatic heterocycles. The van der Waals surface area contributed by atoms with E-state index < -0.39 is 0 Å². The Morgan fingerprint density at radius 3 is 1.45 bits per heavy atom. The van der Waals surface area contributed by atoms with Gasteiger partial charge in [-0.1, -0.05) is 158 Å². The maximum absolute atomic E-state index is 6.64. The summed E-state index contributed by atoms with van der Waals surface area (Å²) in [5, 5.41) is 2.12. The van der Waals surface area contributed by atoms with Crippen LogP contribution in [0.25, 0.3) is 78.4 Å². The summed E-state index contributed by atoms with van der Waals surface area (Å²) in [6.45, 7) is 0. The minimum absolute atomic E-state index is 0.605. The molecule has 0 atom stereocenters. The summed E-state index contributed by atoms with van der Waals surface area (Å²) in [6, 6.07) is 71.0. The Labute approximate surface area is 324 Å². The smallest absolute Gasteiger partial charge is 0.164 e. The molecule has 56 heavy (non-hydrogen) atoms. The van der Waals surface area contributed by atoms with Crippen LogP contribution in [0.1, 0.15) is 0 Å². The first kappa shape index (κ1) is 33.0. The quantitative estimate of drug-likeness (QED) is 0.157. The number of anilines is 3. The SMILES string of the molecule is c1ccc(-c2ccc(N(c3ccccc3)c3cc(-c4cccc(-c5nc(-c6ccccc6)nc(-c6ccccc6)n5)c4)c4c(c3)oc3ccccc34)cc2)cc1. The number of hydrogen-bond acceptors (Lipinski definition) is 5. The topological polar surface area (TPSA) is 55.1 Å². The van der Waals surface area contributed by atoms with Crippen molar-refractivity contribution in [1.82, 2.24) is 15.0 Å². The summed E-state index contributed by atoms with van der Waals surface area (Å²) in [6.07, 6.45) is 0. The molecule has 0 saturated heterocycles. The van der Waals surface area contributed by atoms with Gasteiger partial charge in [0.1, 0.15) is 11.2 Å². The Morgan fingerprint density at radius 2 is 0.804 bits per heavy atom. The first-order valence-electron chi connectivity index (χ1n) is 18.7. The number of furan rings is 1. The third kappa shape index (κ3) is 6.27. The summed E-state index contributed by atoms with van der Waals surface area (Å²) in [4.78, 5) is 17.3. The molecule has 0 N–H and O–H groups in total. The standard InChI is InChI=1S/C51H34N4O/c1-5-16-35(17-6-1)36-28-30-42(31-29-36)55(41-24-11-4-12-25-41)43-33-45(48-44-26-13-14-27-46(44)56-47(48)34-43)39-22-15-23-40(32-39)51-53-49(37-18-7-2-8-19-37)52-50(54-51)38-20-9-3-10-21-38/h1-34H. The van der Waals surface area contributed by atoms with Gasteiger partial charge in [0, 0.05) is 44.9 Å². The van der Waals surface area contributed by atoms with Gasteiger partial charge in [-0.05, 0) is 64.7 Å². The van der Waals surface area contributed by atoms with Gasteiger partial charge in [0.15, 0.2) is 17.5 Å². The van der Waals surface area contributed by atoms with Crippen LogP contribution in [0.3, 0.4) is 0 Å². The van der Waals surface area contributed by atoms with Crippen LogP contribution in [0.4, 0.5) is 17.1 Å². The molecular weight excluding hydrogens is 685 g/mol. The lowest BCUT2D eigenvalue weighted by Crippen LogP contribution is -2.10. The van der Waals surface area contributed by atoms with Crippen LogP contribution in [0, 0.1) is 0 Å². The highest BCUT2D eigenvalue weighted by Crippen LogP contribution is 2.44. The lowest BCUT2D eigenvalue weighted by molar-refractivity contribution is 0.669. The van der Waals surface area contributed by atoms with E-state index in [0.29, 0.717) is 17.5 Å². The van der Waals surface area contributed by atoms with Crippen molar-refractivity contribution in [1.29, 1.82) is 0 Å². The molecule has 0 aliphatic rings. The summed E-state index contributed by atoms with van der Waals surface area (Å²) in [5.74, 6) is 1.86. The molecule has 2 aromatic heterocycles. The third-order valence-corrected chi connectivity index (χ3v) is 10.1. The Kier molecular flexibility index (Phi) is 8.43. The number of rotatable bonds is 8. The van der Waals surface area contributed by atoms with Crippen molar-refractivity contribution in [2.45, 2.75) is 0 Å². The summed E-state index contributed by atoms with van der Waals surface area (Å²) >= 11 is 0. The van der Waals surface area contributed by atoms with Crippen LogP contribution < -0.4 is 4.90 Å². The molecule has 0 radical (unpaired) electrons. The maximum atomic E-state index is 6.64. The molecule has 5 nitrogen and oxygen atoms in total. The minimum atomic E-state index is 0.605. The van der Waals surface area contributed by atoms with E-state index >= 15 is 0 Å². The van der Waals surface area contributed by atoms with Gasteiger partial charge in [-0.2, -0.15) is 0 Å². The average Bonchev–Trinajstić information content (AvgIpc) is 3.66. The van der Waals surface area contributed by atoms with Crippen molar-refractivity contribution < 1.29 is 4.42 Å². The Bertz CT molecular complexity index is 2890. The van der Waals surface area contributed by atoms with Crippen LogP contribution in [-0.4, -0.2) is 15.0 Å². The molecule has 0 saturated carbocycles. The summed E-state index contributed by atoms with van der Waals surface area (Å²) in [5.41, 5.74) is 11.9. The van der Waals surface area contributed by atoms with E-state index in [0.717, 1.165) is 72.4 Å². The largest absolute Gasteiger partial charge is 0.456 e. The Hall–Kier alpha value is -7.63. The van der Waals surface area contributed by atoms with Gasteiger partial charge in [0.2, 0.25) is 0 Å². The second kappa shape index (κ2) is 14.3. The second-order valence-corrected chi connectivity index (χ2v) is 13.7. The monoisotopic (exact) mass is 718 g/mol. The normalized spacial score (nSPS) is 11.2. The summed E-state index contributed by atoms with van der Waals surface area (Å²) in [7, 11) is 0. The highest BCUT2D eigenvalue weighted by Gasteiger charge is 2.21. The van der Waals surface area contributed by atoms with Crippen molar-refractivity contribution in [3.63, 3.8) is 0 Å². The van der Waals surface area contributed by atoms with Crippen LogP contribution >= 0.6 is 0 Å². The van der Waals surface area contributed by atoms with E-state index in [1.807, 2.05) is 84.9 Å². The highest BCUT2D eigenvalue weighted by molar-refractivity contribution is 6.14. The Morgan fingerprint density at radius 1 is 0.321 bits per heavy atom. The van der Waals surface area contributed by atoms with E-state index in [2.05, 4.69) is 126 Å². The molecule has 0 unspecified atom stereocenters. The van der Waals surface area contributed by atoms with Crippen molar-refractivity contribution in [2.75, 3.05) is 4.90 Å². The number of benzene rings is 8. The zero-order chi connectivity index (χ0) is 37.3. The van der Waals surface area contributed by atoms with E-state index in [9.17, 15) is 0 Å². The molecule has 0 fully saturated rings. The van der Waals surface area contributed by atoms with Gasteiger partial charge in [-0.3, -0.25) is 0 Å². The summed E-state index contributed by atoms with van der Waals surface area (Å²) < 4.78 is 6.64. The molecule has 0 amide bonds. The molecule has 0 spiro atoms. The second-order valence-electron chi connectivity index (χ2n) is 13.7. The van der Waals surface area contributed by atoms with Gasteiger partial charge in [-0.15, -0.1) is 0 Å². The van der Waals surface area contributed by atoms with E-state index in [1.165, 1.54) is 5.56 Å². The van der Waals surface area contributed by atoms with Crippen molar-refractivity contribution >= 4 is 39.0 Å². The molecule has 10 aromatic rings. The van der Waals surface area contributed by atoms with E-state index in [4.69, 9.17) is 19.4 Å². The number of fused-ring (bicyclic) bond motifs is 3. The molecule has 5 heteroatoms. The number of nitrogens with zero attached hydrogens (tertiary/aromatic N) is 4. The van der Waals surface area contributed by atoms with Crippen LogP contribution in [0.2, 0.25) is 0 Å². The first-order valence-corrected chi connectivity index (χ1v) is 18.7. The molecule has 2 heterocycles. The van der Waals surface area contributed by atoms with Crippen molar-refractivity contribution in [3.05, 3.63) is 206 Å². The van der Waals surface area contributed by atoms with Crippen LogP contribution in [-0.2, 0) is 0 Å². The fourth-order valence-electron chi connectivity index (χ4n) is 7.42. The average molecular weight is 719 g/mol. The van der Waals surface area contributed by atoms with Crippen molar-refractivity contribution in [3.8, 4) is 56.4 Å². The van der Waals surface area contributed by atoms with E-state index in [-0.39, 0.29) is 0 Å². The van der Waals surface area contributed by atoms with Gasteiger partial charge < -0.3 is 9.32 Å². The third-order valence-electron chi connectivity index (χ3n) is 10.1. The number of para-hydroxylation sites is 2. The predicted molar refractivity (Wildman–Crippen MR) is 229 cm³/mol. The minimum Gasteiger partial charge on any atom is -0.456 e. The fourth-order valence-corrected chi connectivity index (χ4v) is 7.42. The maximum Gasteiger partial charge on any atom is 0.164 e. The zero-order valence-corrected chi connectivity index (χ0v) is 30.3. The molecule has 0 bridgehead atoms. The van der Waals surface area contributed by atoms with Gasteiger partial charge in [0.05, 0.1) is 5.69 Å². The van der Waals surface area contributed by atoms with E-state index in [1.54, 1.807) is 0 Å². The Balaban J connectivity index is 1.16. The van der Waals surface area contributed by atoms with Crippen LogP contribution in [0.5, 0.6) is 0 Å². The van der Waals surface area contributed by atoms with Gasteiger partial charge >= 0.3 is 0 Å². The number of aromatic nitrogens is 3. The van der Waals surface area contributed by atoms with Crippen LogP contribution in [0.15, 0.2) is 211 Å². The highest BCUT2D eigenvalue weighted by atomic mass is 16.3. The predicted octanol–water partition coefficient (Wildman–Crippen LogP) is 13.6. The van der Waals surface area contributed by atoms with Gasteiger partial charge in [-0.25, -0.2) is 15.0 Å². The molecular formula is C51H34N4O. The zero-order valence-electron chi connectivity index (χ0n) is 30.3. The number of hydrogen-bond donors (Lipinski definition) is 0.